The first-order valence-corrected chi connectivity index (χ1v) is 8.82. The minimum absolute atomic E-state index is 0.267. The van der Waals surface area contributed by atoms with Crippen molar-refractivity contribution in [2.24, 2.45) is 0 Å². The van der Waals surface area contributed by atoms with E-state index in [1.165, 1.54) is 3.93 Å². The lowest BCUT2D eigenvalue weighted by Gasteiger charge is -2.36. The van der Waals surface area contributed by atoms with E-state index in [1.807, 2.05) is 36.6 Å². The Kier molecular flexibility index (Phi) is 6.50. The number of carboxylic acids is 1. The highest BCUT2D eigenvalue weighted by Gasteiger charge is 2.47. The molecule has 1 rings (SSSR count). The van der Waals surface area contributed by atoms with E-state index in [-0.39, 0.29) is 4.83 Å². The highest BCUT2D eigenvalue weighted by molar-refractivity contribution is 9.14. The Morgan fingerprint density at radius 3 is 2.50 bits per heavy atom. The van der Waals surface area contributed by atoms with Crippen molar-refractivity contribution in [3.05, 3.63) is 30.3 Å². The van der Waals surface area contributed by atoms with Crippen LogP contribution in [0.5, 0.6) is 0 Å². The molecule has 1 N–H and O–H groups in total. The molecule has 0 bridgehead atoms. The quantitative estimate of drug-likeness (QED) is 0.393. The van der Waals surface area contributed by atoms with Gasteiger partial charge in [-0.1, -0.05) is 34.1 Å². The van der Waals surface area contributed by atoms with E-state index in [4.69, 9.17) is 0 Å². The van der Waals surface area contributed by atoms with Crippen LogP contribution < -0.4 is 3.93 Å². The van der Waals surface area contributed by atoms with Crippen LogP contribution in [0.25, 0.3) is 0 Å². The third kappa shape index (κ3) is 3.43. The molecule has 3 nitrogen and oxygen atoms in total. The molecule has 7 heteroatoms. The van der Waals surface area contributed by atoms with Crippen LogP contribution in [0.15, 0.2) is 30.3 Å². The van der Waals surface area contributed by atoms with Crippen molar-refractivity contribution in [2.75, 3.05) is 15.9 Å². The van der Waals surface area contributed by atoms with E-state index in [2.05, 4.69) is 48.0 Å². The van der Waals surface area contributed by atoms with Crippen LogP contribution in [-0.4, -0.2) is 32.4 Å². The Morgan fingerprint density at radius 2 is 2.06 bits per heavy atom. The molecule has 1 aromatic carbocycles. The molecular weight excluding hydrogens is 450 g/mol. The van der Waals surface area contributed by atoms with E-state index in [0.29, 0.717) is 5.75 Å². The monoisotopic (exact) mass is 459 g/mol. The number of alkyl halides is 2. The van der Waals surface area contributed by atoms with Crippen molar-refractivity contribution in [3.8, 4) is 0 Å². The summed E-state index contributed by atoms with van der Waals surface area (Å²) in [6.07, 6.45) is 1.94. The van der Waals surface area contributed by atoms with E-state index in [9.17, 15) is 9.90 Å². The zero-order chi connectivity index (χ0) is 13.8. The summed E-state index contributed by atoms with van der Waals surface area (Å²) < 4.78 is 0.287. The molecule has 0 aliphatic carbocycles. The highest BCUT2D eigenvalue weighted by atomic mass is 79.9. The number of benzene rings is 1. The van der Waals surface area contributed by atoms with Crippen molar-refractivity contribution < 1.29 is 9.90 Å². The van der Waals surface area contributed by atoms with Crippen LogP contribution in [0.1, 0.15) is 0 Å². The second-order valence-corrected chi connectivity index (χ2v) is 7.45. The van der Waals surface area contributed by atoms with Gasteiger partial charge in [-0.3, -0.25) is 3.93 Å². The second kappa shape index (κ2) is 7.17. The fourth-order valence-corrected chi connectivity index (χ4v) is 4.56. The van der Waals surface area contributed by atoms with E-state index in [1.54, 1.807) is 11.8 Å². The zero-order valence-electron chi connectivity index (χ0n) is 9.52. The molecule has 0 saturated heterocycles. The second-order valence-electron chi connectivity index (χ2n) is 3.52. The number of hydrogen-bond donors (Lipinski definition) is 1. The lowest BCUT2D eigenvalue weighted by atomic mass is 10.2. The maximum atomic E-state index is 11.6. The van der Waals surface area contributed by atoms with Gasteiger partial charge in [-0.15, -0.1) is 0 Å². The molecule has 0 amide bonds. The van der Waals surface area contributed by atoms with Crippen LogP contribution in [0.2, 0.25) is 0 Å². The predicted molar refractivity (Wildman–Crippen MR) is 88.2 cm³/mol. The molecular formula is C11H12Br3NO2S. The van der Waals surface area contributed by atoms with Gasteiger partial charge < -0.3 is 5.11 Å². The Bertz CT molecular complexity index is 407. The van der Waals surface area contributed by atoms with Gasteiger partial charge >= 0.3 is 5.97 Å². The van der Waals surface area contributed by atoms with Crippen LogP contribution in [0.3, 0.4) is 0 Å². The van der Waals surface area contributed by atoms with Crippen molar-refractivity contribution in [3.63, 3.8) is 0 Å². The van der Waals surface area contributed by atoms with Gasteiger partial charge in [0.1, 0.15) is 0 Å². The molecule has 2 atom stereocenters. The molecule has 0 spiro atoms. The smallest absolute Gasteiger partial charge is 0.342 e. The fourth-order valence-electron chi connectivity index (χ4n) is 1.34. The number of rotatable bonds is 6. The first-order valence-electron chi connectivity index (χ1n) is 5.01. The molecule has 0 radical (unpaired) electrons. The summed E-state index contributed by atoms with van der Waals surface area (Å²) in [6, 6.07) is 9.28. The molecule has 100 valence electrons. The lowest BCUT2D eigenvalue weighted by Crippen LogP contribution is -2.52. The third-order valence-electron chi connectivity index (χ3n) is 2.30. The summed E-state index contributed by atoms with van der Waals surface area (Å²) in [6.45, 7) is 0. The van der Waals surface area contributed by atoms with Gasteiger partial charge in [0.05, 0.1) is 21.0 Å². The van der Waals surface area contributed by atoms with Crippen LogP contribution in [-0.2, 0) is 4.79 Å². The minimum Gasteiger partial charge on any atom is -0.479 e. The molecule has 18 heavy (non-hydrogen) atoms. The van der Waals surface area contributed by atoms with E-state index in [0.717, 1.165) is 5.69 Å². The number of anilines is 1. The van der Waals surface area contributed by atoms with E-state index >= 15 is 0 Å². The Morgan fingerprint density at radius 1 is 1.50 bits per heavy atom. The molecule has 0 aliphatic rings. The number of aliphatic carboxylic acids is 1. The minimum atomic E-state index is -1.25. The molecule has 0 aliphatic heterocycles. The fraction of sp³-hybridized carbons (Fsp3) is 0.364. The van der Waals surface area contributed by atoms with Gasteiger partial charge in [-0.25, -0.2) is 4.79 Å². The predicted octanol–water partition coefficient (Wildman–Crippen LogP) is 4.11. The third-order valence-corrected chi connectivity index (χ3v) is 7.68. The van der Waals surface area contributed by atoms with Crippen molar-refractivity contribution in [2.45, 2.75) is 9.28 Å². The van der Waals surface area contributed by atoms with Crippen LogP contribution in [0, 0.1) is 0 Å². The van der Waals surface area contributed by atoms with Crippen molar-refractivity contribution in [1.82, 2.24) is 0 Å². The summed E-state index contributed by atoms with van der Waals surface area (Å²) in [7, 11) is 0. The van der Waals surface area contributed by atoms with E-state index < -0.39 is 10.4 Å². The first-order chi connectivity index (χ1) is 8.44. The van der Waals surface area contributed by atoms with Crippen LogP contribution in [0.4, 0.5) is 5.69 Å². The lowest BCUT2D eigenvalue weighted by molar-refractivity contribution is -0.139. The van der Waals surface area contributed by atoms with Gasteiger partial charge in [0.2, 0.25) is 4.45 Å². The highest BCUT2D eigenvalue weighted by Crippen LogP contribution is 2.39. The van der Waals surface area contributed by atoms with Crippen molar-refractivity contribution >= 4 is 71.4 Å². The van der Waals surface area contributed by atoms with Crippen molar-refractivity contribution in [1.29, 1.82) is 0 Å². The average Bonchev–Trinajstić information content (AvgIpc) is 2.37. The Labute approximate surface area is 136 Å². The molecule has 0 aromatic heterocycles. The Balaban J connectivity index is 3.08. The first kappa shape index (κ1) is 16.3. The number of carboxylic acid groups (broad SMARTS) is 1. The van der Waals surface area contributed by atoms with Crippen LogP contribution >= 0.6 is 59.8 Å². The maximum absolute atomic E-state index is 11.6. The number of hydrogen-bond acceptors (Lipinski definition) is 3. The largest absolute Gasteiger partial charge is 0.479 e. The Hall–Kier alpha value is 0.280. The number of thioether (sulfide) groups is 1. The number of halogens is 3. The van der Waals surface area contributed by atoms with Gasteiger partial charge in [-0.2, -0.15) is 11.8 Å². The van der Waals surface area contributed by atoms with Gasteiger partial charge in [0, 0.05) is 11.4 Å². The number of carbonyl (C=O) groups is 1. The summed E-state index contributed by atoms with van der Waals surface area (Å²) in [5.41, 5.74) is 0.766. The summed E-state index contributed by atoms with van der Waals surface area (Å²) in [4.78, 5) is 11.3. The molecule has 1 unspecified atom stereocenters. The summed E-state index contributed by atoms with van der Waals surface area (Å²) >= 11 is 11.7. The molecule has 0 heterocycles. The summed E-state index contributed by atoms with van der Waals surface area (Å²) in [5.74, 6) is -0.300. The maximum Gasteiger partial charge on any atom is 0.342 e. The van der Waals surface area contributed by atoms with Gasteiger partial charge in [0.15, 0.2) is 0 Å². The van der Waals surface area contributed by atoms with Gasteiger partial charge in [0.25, 0.3) is 0 Å². The topological polar surface area (TPSA) is 40.5 Å². The standard InChI is InChI=1S/C11H12Br3NO2S/c1-18-7-9(12)11(13,10(16)17)15(14)8-5-3-2-4-6-8/h2-6,9H,7H2,1H3,(H,16,17)/t9?,11-/m0/s1. The van der Waals surface area contributed by atoms with Gasteiger partial charge in [-0.05, 0) is 34.3 Å². The molecule has 1 aromatic rings. The number of para-hydroxylation sites is 1. The normalized spacial score (nSPS) is 15.8. The molecule has 0 saturated carbocycles. The average molecular weight is 462 g/mol. The zero-order valence-corrected chi connectivity index (χ0v) is 15.1. The summed E-state index contributed by atoms with van der Waals surface area (Å²) in [5, 5.41) is 9.50. The molecule has 0 fully saturated rings. The number of nitrogens with zero attached hydrogens (tertiary/aromatic N) is 1. The SMILES string of the molecule is CSCC(Br)[C@@](Br)(C(=O)O)N(Br)c1ccccc1.